The third-order valence-corrected chi connectivity index (χ3v) is 4.75. The lowest BCUT2D eigenvalue weighted by Gasteiger charge is -2.16. The molecule has 7 N–H and O–H groups in total. The second-order valence-electron chi connectivity index (χ2n) is 6.75. The fourth-order valence-corrected chi connectivity index (χ4v) is 3.37. The van der Waals surface area contributed by atoms with E-state index in [1.807, 2.05) is 18.2 Å². The molecular formula is C21H26ClN7O3. The average molecular weight is 460 g/mol. The summed E-state index contributed by atoms with van der Waals surface area (Å²) < 4.78 is 12.8. The van der Waals surface area contributed by atoms with Crippen molar-refractivity contribution in [3.63, 3.8) is 0 Å². The van der Waals surface area contributed by atoms with Crippen LogP contribution < -0.4 is 27.3 Å². The summed E-state index contributed by atoms with van der Waals surface area (Å²) in [6.07, 6.45) is 4.28. The Morgan fingerprint density at radius 1 is 1.44 bits per heavy atom. The van der Waals surface area contributed by atoms with Crippen molar-refractivity contribution in [2.24, 2.45) is 17.2 Å². The van der Waals surface area contributed by atoms with Gasteiger partial charge in [0.05, 0.1) is 37.3 Å². The molecule has 0 spiro atoms. The Bertz CT molecular complexity index is 1040. The minimum absolute atomic E-state index is 0.0527. The van der Waals surface area contributed by atoms with Crippen LogP contribution in [0.15, 0.2) is 47.0 Å². The number of carbonyl (C=O) groups is 1. The van der Waals surface area contributed by atoms with Gasteiger partial charge in [0.15, 0.2) is 0 Å². The van der Waals surface area contributed by atoms with Crippen LogP contribution in [0, 0.1) is 11.3 Å². The molecule has 1 unspecified atom stereocenters. The zero-order valence-electron chi connectivity index (χ0n) is 17.8. The van der Waals surface area contributed by atoms with Crippen LogP contribution >= 0.6 is 11.6 Å². The molecule has 10 nitrogen and oxygen atoms in total. The first-order valence-corrected chi connectivity index (χ1v) is 9.99. The highest BCUT2D eigenvalue weighted by Crippen LogP contribution is 2.39. The van der Waals surface area contributed by atoms with Crippen molar-refractivity contribution >= 4 is 23.7 Å². The molecule has 170 valence electrons. The number of para-hydroxylation sites is 1. The number of primary amides is 1. The number of nitrogens with zero attached hydrogens (tertiary/aromatic N) is 3. The van der Waals surface area contributed by atoms with Gasteiger partial charge >= 0.3 is 0 Å². The lowest BCUT2D eigenvalue weighted by atomic mass is 10.0. The van der Waals surface area contributed by atoms with Crippen molar-refractivity contribution in [1.82, 2.24) is 9.78 Å². The summed E-state index contributed by atoms with van der Waals surface area (Å²) in [6, 6.07) is 7.89. The van der Waals surface area contributed by atoms with Gasteiger partial charge in [-0.2, -0.15) is 10.4 Å². The lowest BCUT2D eigenvalue weighted by Crippen LogP contribution is -2.12. The third kappa shape index (κ3) is 5.72. The largest absolute Gasteiger partial charge is 0.494 e. The highest BCUT2D eigenvalue weighted by atomic mass is 35.5. The van der Waals surface area contributed by atoms with Gasteiger partial charge in [0.1, 0.15) is 22.7 Å². The first-order chi connectivity index (χ1) is 15.4. The molecule has 1 atom stereocenters. The zero-order chi connectivity index (χ0) is 23.7. The fraction of sp³-hybridized carbons (Fsp3) is 0.286. The number of nitrogens with one attached hydrogen (secondary N) is 1. The Morgan fingerprint density at radius 2 is 2.16 bits per heavy atom. The normalized spacial score (nSPS) is 16.3. The lowest BCUT2D eigenvalue weighted by molar-refractivity contribution is -0.106. The molecule has 1 aromatic carbocycles. The summed E-state index contributed by atoms with van der Waals surface area (Å²) >= 11 is 5.81. The van der Waals surface area contributed by atoms with Crippen LogP contribution in [-0.4, -0.2) is 36.5 Å². The number of carbonyl (C=O) groups excluding carboxylic acids is 1. The smallest absolute Gasteiger partial charge is 0.204 e. The SMILES string of the molecule is COc1c(NC(/C=C(\N)Cl)=C(\C)N)cccc1-c1cnn(C2CCOC2)c1C#N.NC=O. The van der Waals surface area contributed by atoms with Crippen molar-refractivity contribution in [3.05, 3.63) is 52.7 Å². The first-order valence-electron chi connectivity index (χ1n) is 9.62. The van der Waals surface area contributed by atoms with Crippen LogP contribution in [-0.2, 0) is 9.53 Å². The Kier molecular flexibility index (Phi) is 8.95. The molecular weight excluding hydrogens is 434 g/mol. The molecule has 3 rings (SSSR count). The number of methoxy groups -OCH3 is 1. The molecule has 1 aliphatic rings. The number of nitriles is 1. The summed E-state index contributed by atoms with van der Waals surface area (Å²) in [5.41, 5.74) is 19.3. The van der Waals surface area contributed by atoms with E-state index in [2.05, 4.69) is 22.2 Å². The molecule has 2 heterocycles. The van der Waals surface area contributed by atoms with E-state index in [9.17, 15) is 5.26 Å². The van der Waals surface area contributed by atoms with Gasteiger partial charge in [0.25, 0.3) is 0 Å². The van der Waals surface area contributed by atoms with Crippen LogP contribution in [0.2, 0.25) is 0 Å². The Morgan fingerprint density at radius 3 is 2.69 bits per heavy atom. The number of amides is 1. The molecule has 32 heavy (non-hydrogen) atoms. The maximum Gasteiger partial charge on any atom is 0.204 e. The van der Waals surface area contributed by atoms with E-state index in [-0.39, 0.29) is 17.6 Å². The number of ether oxygens (including phenoxy) is 2. The summed E-state index contributed by atoms with van der Waals surface area (Å²) in [6.45, 7) is 2.94. The number of benzene rings is 1. The van der Waals surface area contributed by atoms with Crippen molar-refractivity contribution in [2.45, 2.75) is 19.4 Å². The average Bonchev–Trinajstić information content (AvgIpc) is 3.42. The predicted octanol–water partition coefficient (Wildman–Crippen LogP) is 2.13. The molecule has 0 bridgehead atoms. The van der Waals surface area contributed by atoms with E-state index in [4.69, 9.17) is 37.3 Å². The van der Waals surface area contributed by atoms with Gasteiger partial charge in [-0.05, 0) is 25.5 Å². The molecule has 11 heteroatoms. The molecule has 1 aromatic heterocycles. The van der Waals surface area contributed by atoms with Gasteiger partial charge in [0.2, 0.25) is 6.41 Å². The monoisotopic (exact) mass is 459 g/mol. The highest BCUT2D eigenvalue weighted by Gasteiger charge is 2.25. The minimum Gasteiger partial charge on any atom is -0.494 e. The third-order valence-electron chi connectivity index (χ3n) is 4.64. The van der Waals surface area contributed by atoms with Crippen LogP contribution in [0.3, 0.4) is 0 Å². The van der Waals surface area contributed by atoms with E-state index >= 15 is 0 Å². The molecule has 1 amide bonds. The van der Waals surface area contributed by atoms with Gasteiger partial charge < -0.3 is 32.0 Å². The number of anilines is 1. The first kappa shape index (κ1) is 24.6. The van der Waals surface area contributed by atoms with E-state index < -0.39 is 0 Å². The van der Waals surface area contributed by atoms with Crippen molar-refractivity contribution in [1.29, 1.82) is 5.26 Å². The van der Waals surface area contributed by atoms with Crippen molar-refractivity contribution in [2.75, 3.05) is 25.6 Å². The Labute approximate surface area is 191 Å². The molecule has 0 saturated carbocycles. The molecule has 1 aliphatic heterocycles. The van der Waals surface area contributed by atoms with Crippen molar-refractivity contribution < 1.29 is 14.3 Å². The number of rotatable bonds is 6. The number of allylic oxidation sites excluding steroid dienone is 2. The van der Waals surface area contributed by atoms with Gasteiger partial charge in [-0.15, -0.1) is 0 Å². The van der Waals surface area contributed by atoms with E-state index in [0.717, 1.165) is 12.0 Å². The van der Waals surface area contributed by atoms with E-state index in [1.54, 1.807) is 24.9 Å². The van der Waals surface area contributed by atoms with Gasteiger partial charge in [-0.1, -0.05) is 23.7 Å². The van der Waals surface area contributed by atoms with Gasteiger partial charge in [0, 0.05) is 23.4 Å². The minimum atomic E-state index is 0.0527. The summed E-state index contributed by atoms with van der Waals surface area (Å²) in [5, 5.41) is 17.5. The zero-order valence-corrected chi connectivity index (χ0v) is 18.6. The van der Waals surface area contributed by atoms with Crippen molar-refractivity contribution in [3.8, 4) is 22.9 Å². The van der Waals surface area contributed by atoms with Gasteiger partial charge in [-0.25, -0.2) is 4.68 Å². The van der Waals surface area contributed by atoms with Crippen LogP contribution in [0.4, 0.5) is 5.69 Å². The van der Waals surface area contributed by atoms with Gasteiger partial charge in [-0.3, -0.25) is 4.79 Å². The molecule has 2 aromatic rings. The molecule has 1 fully saturated rings. The highest BCUT2D eigenvalue weighted by molar-refractivity contribution is 6.29. The van der Waals surface area contributed by atoms with Crippen LogP contribution in [0.1, 0.15) is 25.1 Å². The van der Waals surface area contributed by atoms with Crippen LogP contribution in [0.25, 0.3) is 11.1 Å². The number of hydrogen-bond donors (Lipinski definition) is 4. The number of hydrogen-bond acceptors (Lipinski definition) is 8. The standard InChI is InChI=1S/C20H23ClN6O2.CH3NO/c1-12(23)17(8-19(21)24)26-16-5-3-4-14(20(16)28-2)15-10-25-27(18(15)9-22)13-6-7-29-11-13;2-1-3/h3-5,8,10,13,26H,6-7,11,23-24H2,1-2H3;1H,(H2,2,3)/b17-12+,19-8-;. The summed E-state index contributed by atoms with van der Waals surface area (Å²) in [7, 11) is 1.57. The van der Waals surface area contributed by atoms with E-state index in [0.29, 0.717) is 47.3 Å². The van der Waals surface area contributed by atoms with E-state index in [1.165, 1.54) is 6.08 Å². The quantitative estimate of drug-likeness (QED) is 0.289. The summed E-state index contributed by atoms with van der Waals surface area (Å²) in [4.78, 5) is 8.58. The number of halogens is 1. The second kappa shape index (κ2) is 11.6. The predicted molar refractivity (Wildman–Crippen MR) is 122 cm³/mol. The Hall–Kier alpha value is -3.68. The fourth-order valence-electron chi connectivity index (χ4n) is 3.26. The second-order valence-corrected chi connectivity index (χ2v) is 7.19. The Balaban J connectivity index is 0.00000114. The number of nitrogens with two attached hydrogens (primary N) is 3. The van der Waals surface area contributed by atoms with Crippen LogP contribution in [0.5, 0.6) is 5.75 Å². The maximum absolute atomic E-state index is 9.79. The topological polar surface area (TPSA) is 167 Å². The summed E-state index contributed by atoms with van der Waals surface area (Å²) in [5.74, 6) is 0.548. The maximum atomic E-state index is 9.79. The molecule has 0 radical (unpaired) electrons. The number of aromatic nitrogens is 2. The molecule has 1 saturated heterocycles. The molecule has 0 aliphatic carbocycles.